The molecular formula is C11H16N4O4. The minimum absolute atomic E-state index is 0.0901. The van der Waals surface area contributed by atoms with Gasteiger partial charge in [-0.15, -0.1) is 0 Å². The van der Waals surface area contributed by atoms with Crippen molar-refractivity contribution in [2.75, 3.05) is 18.5 Å². The zero-order valence-electron chi connectivity index (χ0n) is 10.2. The van der Waals surface area contributed by atoms with Gasteiger partial charge in [-0.2, -0.15) is 0 Å². The number of anilines is 1. The van der Waals surface area contributed by atoms with Crippen molar-refractivity contribution in [2.45, 2.75) is 18.8 Å². The molecule has 2 rings (SSSR count). The van der Waals surface area contributed by atoms with Gasteiger partial charge in [0.15, 0.2) is 0 Å². The minimum Gasteiger partial charge on any atom is -0.389 e. The van der Waals surface area contributed by atoms with E-state index in [0.29, 0.717) is 19.6 Å². The Morgan fingerprint density at radius 3 is 2.58 bits per heavy atom. The van der Waals surface area contributed by atoms with Crippen LogP contribution >= 0.6 is 0 Å². The van der Waals surface area contributed by atoms with E-state index in [0.717, 1.165) is 5.56 Å². The molecule has 1 fully saturated rings. The lowest BCUT2D eigenvalue weighted by Crippen LogP contribution is -2.22. The van der Waals surface area contributed by atoms with Crippen LogP contribution in [-0.2, 0) is 6.54 Å². The van der Waals surface area contributed by atoms with Gasteiger partial charge < -0.3 is 15.6 Å². The van der Waals surface area contributed by atoms with Crippen LogP contribution in [0.2, 0.25) is 0 Å². The number of likely N-dealkylation sites (tertiary alicyclic amines) is 1. The molecule has 0 radical (unpaired) electrons. The van der Waals surface area contributed by atoms with Crippen LogP contribution < -0.4 is 11.3 Å². The number of nitrogens with two attached hydrogens (primary N) is 1. The molecule has 0 aromatic heterocycles. The number of nitrogens with zero attached hydrogens (tertiary/aromatic N) is 2. The number of benzene rings is 1. The van der Waals surface area contributed by atoms with Crippen molar-refractivity contribution in [3.05, 3.63) is 33.9 Å². The quantitative estimate of drug-likeness (QED) is 0.327. The Bertz CT molecular complexity index is 472. The number of nitro benzene ring substituents is 1. The Labute approximate surface area is 109 Å². The lowest BCUT2D eigenvalue weighted by molar-refractivity contribution is -0.384. The van der Waals surface area contributed by atoms with Crippen molar-refractivity contribution in [1.82, 2.24) is 4.90 Å². The number of nitro groups is 1. The van der Waals surface area contributed by atoms with Crippen LogP contribution in [0.5, 0.6) is 0 Å². The Hall–Kier alpha value is -1.74. The van der Waals surface area contributed by atoms with Gasteiger partial charge in [-0.05, 0) is 11.6 Å². The number of hydrogen-bond donors (Lipinski definition) is 4. The Morgan fingerprint density at radius 1 is 1.42 bits per heavy atom. The number of β-amino-alcohol motifs (C(OH)–C–C–N with tert-alkyl or cyclic N) is 2. The first-order valence-electron chi connectivity index (χ1n) is 5.83. The molecule has 2 unspecified atom stereocenters. The van der Waals surface area contributed by atoms with E-state index >= 15 is 0 Å². The Kier molecular flexibility index (Phi) is 3.96. The van der Waals surface area contributed by atoms with Crippen molar-refractivity contribution in [2.24, 2.45) is 5.84 Å². The second kappa shape index (κ2) is 5.49. The standard InChI is InChI=1S/C11H16N4O4/c12-13-8-3-7(1-2-9(8)15(18)19)4-14-5-10(16)11(17)6-14/h1-3,10-11,13,16-17H,4-6,12H2. The van der Waals surface area contributed by atoms with Crippen LogP contribution in [0.4, 0.5) is 11.4 Å². The first-order valence-corrected chi connectivity index (χ1v) is 5.83. The van der Waals surface area contributed by atoms with Crippen molar-refractivity contribution in [3.8, 4) is 0 Å². The molecule has 19 heavy (non-hydrogen) atoms. The average molecular weight is 268 g/mol. The predicted molar refractivity (Wildman–Crippen MR) is 68.2 cm³/mol. The molecular weight excluding hydrogens is 252 g/mol. The summed E-state index contributed by atoms with van der Waals surface area (Å²) in [6.45, 7) is 1.24. The van der Waals surface area contributed by atoms with Crippen LogP contribution in [0.1, 0.15) is 5.56 Å². The van der Waals surface area contributed by atoms with E-state index in [1.807, 2.05) is 4.90 Å². The van der Waals surface area contributed by atoms with Gasteiger partial charge in [0.05, 0.1) is 17.1 Å². The van der Waals surface area contributed by atoms with Gasteiger partial charge in [-0.25, -0.2) is 0 Å². The summed E-state index contributed by atoms with van der Waals surface area (Å²) in [6.07, 6.45) is -1.49. The summed E-state index contributed by atoms with van der Waals surface area (Å²) >= 11 is 0. The van der Waals surface area contributed by atoms with Gasteiger partial charge in [0.1, 0.15) is 5.69 Å². The van der Waals surface area contributed by atoms with Gasteiger partial charge in [-0.1, -0.05) is 6.07 Å². The maximum Gasteiger partial charge on any atom is 0.293 e. The third kappa shape index (κ3) is 2.99. The third-order valence-electron chi connectivity index (χ3n) is 3.15. The van der Waals surface area contributed by atoms with Crippen molar-refractivity contribution in [3.63, 3.8) is 0 Å². The van der Waals surface area contributed by atoms with Gasteiger partial charge in [0.25, 0.3) is 5.69 Å². The molecule has 8 heteroatoms. The molecule has 1 aromatic rings. The second-order valence-electron chi connectivity index (χ2n) is 4.58. The molecule has 8 nitrogen and oxygen atoms in total. The largest absolute Gasteiger partial charge is 0.389 e. The van der Waals surface area contributed by atoms with Crippen molar-refractivity contribution < 1.29 is 15.1 Å². The fourth-order valence-corrected chi connectivity index (χ4v) is 2.19. The molecule has 0 amide bonds. The summed E-state index contributed by atoms with van der Waals surface area (Å²) in [4.78, 5) is 12.1. The monoisotopic (exact) mass is 268 g/mol. The highest BCUT2D eigenvalue weighted by atomic mass is 16.6. The average Bonchev–Trinajstić information content (AvgIpc) is 2.67. The molecule has 1 heterocycles. The number of aliphatic hydroxyl groups excluding tert-OH is 2. The zero-order chi connectivity index (χ0) is 14.0. The van der Waals surface area contributed by atoms with E-state index in [4.69, 9.17) is 5.84 Å². The molecule has 5 N–H and O–H groups in total. The Balaban J connectivity index is 2.12. The lowest BCUT2D eigenvalue weighted by Gasteiger charge is -2.15. The van der Waals surface area contributed by atoms with Crippen LogP contribution in [-0.4, -0.2) is 45.3 Å². The summed E-state index contributed by atoms with van der Waals surface area (Å²) in [6, 6.07) is 4.61. The van der Waals surface area contributed by atoms with E-state index in [9.17, 15) is 20.3 Å². The molecule has 1 aliphatic rings. The van der Waals surface area contributed by atoms with E-state index in [1.54, 1.807) is 12.1 Å². The number of rotatable bonds is 4. The van der Waals surface area contributed by atoms with Crippen LogP contribution in [0.3, 0.4) is 0 Å². The highest BCUT2D eigenvalue weighted by molar-refractivity contribution is 5.62. The van der Waals surface area contributed by atoms with Gasteiger partial charge in [-0.3, -0.25) is 20.9 Å². The van der Waals surface area contributed by atoms with E-state index in [2.05, 4.69) is 5.43 Å². The molecule has 2 atom stereocenters. The number of hydrogen-bond acceptors (Lipinski definition) is 7. The van der Waals surface area contributed by atoms with E-state index < -0.39 is 17.1 Å². The lowest BCUT2D eigenvalue weighted by atomic mass is 10.1. The molecule has 1 aromatic carbocycles. The smallest absolute Gasteiger partial charge is 0.293 e. The van der Waals surface area contributed by atoms with Crippen LogP contribution in [0, 0.1) is 10.1 Å². The van der Waals surface area contributed by atoms with Crippen molar-refractivity contribution >= 4 is 11.4 Å². The van der Waals surface area contributed by atoms with Gasteiger partial charge in [0, 0.05) is 25.7 Å². The van der Waals surface area contributed by atoms with Crippen molar-refractivity contribution in [1.29, 1.82) is 0 Å². The third-order valence-corrected chi connectivity index (χ3v) is 3.15. The molecule has 0 spiro atoms. The number of nitrogens with one attached hydrogen (secondary N) is 1. The summed E-state index contributed by atoms with van der Waals surface area (Å²) in [5.41, 5.74) is 3.27. The molecule has 0 saturated carbocycles. The Morgan fingerprint density at radius 2 is 2.05 bits per heavy atom. The van der Waals surface area contributed by atoms with Gasteiger partial charge >= 0.3 is 0 Å². The zero-order valence-corrected chi connectivity index (χ0v) is 10.2. The fraction of sp³-hybridized carbons (Fsp3) is 0.455. The van der Waals surface area contributed by atoms with Gasteiger partial charge in [0.2, 0.25) is 0 Å². The fourth-order valence-electron chi connectivity index (χ4n) is 2.19. The SMILES string of the molecule is NNc1cc(CN2CC(O)C(O)C2)ccc1[N+](=O)[O-]. The first-order chi connectivity index (χ1) is 9.01. The second-order valence-corrected chi connectivity index (χ2v) is 4.58. The summed E-state index contributed by atoms with van der Waals surface area (Å²) < 4.78 is 0. The molecule has 1 saturated heterocycles. The minimum atomic E-state index is -0.745. The molecule has 1 aliphatic heterocycles. The van der Waals surface area contributed by atoms with E-state index in [1.165, 1.54) is 6.07 Å². The first kappa shape index (κ1) is 13.7. The predicted octanol–water partition coefficient (Wildman–Crippen LogP) is -0.582. The molecule has 0 bridgehead atoms. The maximum absolute atomic E-state index is 10.8. The number of hydrazine groups is 1. The highest BCUT2D eigenvalue weighted by Crippen LogP contribution is 2.25. The van der Waals surface area contributed by atoms with Crippen LogP contribution in [0.25, 0.3) is 0 Å². The summed E-state index contributed by atoms with van der Waals surface area (Å²) in [7, 11) is 0. The maximum atomic E-state index is 10.8. The topological polar surface area (TPSA) is 125 Å². The summed E-state index contributed by atoms with van der Waals surface area (Å²) in [5.74, 6) is 5.26. The summed E-state index contributed by atoms with van der Waals surface area (Å²) in [5, 5.41) is 29.7. The number of nitrogen functional groups attached to an aromatic ring is 1. The number of aliphatic hydroxyl groups is 2. The highest BCUT2D eigenvalue weighted by Gasteiger charge is 2.29. The van der Waals surface area contributed by atoms with Crippen LogP contribution in [0.15, 0.2) is 18.2 Å². The molecule has 104 valence electrons. The van der Waals surface area contributed by atoms with E-state index in [-0.39, 0.29) is 11.4 Å². The normalized spacial score (nSPS) is 23.5. The molecule has 0 aliphatic carbocycles.